The second kappa shape index (κ2) is 6.35. The van der Waals surface area contributed by atoms with Crippen LogP contribution in [0.4, 0.5) is 0 Å². The molecule has 1 atom stereocenters. The van der Waals surface area contributed by atoms with Crippen LogP contribution in [0.5, 0.6) is 0 Å². The molecule has 0 radical (unpaired) electrons. The molecule has 1 unspecified atom stereocenters. The van der Waals surface area contributed by atoms with Gasteiger partial charge in [-0.25, -0.2) is 0 Å². The van der Waals surface area contributed by atoms with E-state index in [0.717, 1.165) is 19.6 Å². The summed E-state index contributed by atoms with van der Waals surface area (Å²) < 4.78 is 0. The molecule has 1 aromatic carbocycles. The molecule has 2 nitrogen and oxygen atoms in total. The summed E-state index contributed by atoms with van der Waals surface area (Å²) in [6.45, 7) is 11.1. The van der Waals surface area contributed by atoms with Crippen LogP contribution >= 0.6 is 0 Å². The molecule has 0 amide bonds. The van der Waals surface area contributed by atoms with Crippen molar-refractivity contribution in [1.82, 2.24) is 10.2 Å². The van der Waals surface area contributed by atoms with E-state index in [1.807, 2.05) is 0 Å². The third kappa shape index (κ3) is 2.76. The molecule has 1 N–H and O–H groups in total. The molecule has 1 heterocycles. The quantitative estimate of drug-likeness (QED) is 0.858. The number of hydrogen-bond donors (Lipinski definition) is 1. The molecule has 0 fully saturated rings. The standard InChI is InChI=1S/C16H26N2/c1-4-16-15-8-7-13(12-17-5-2)11-14(15)9-10-18(16)6-3/h7-8,11,16-17H,4-6,9-10,12H2,1-3H3. The molecule has 2 rings (SSSR count). The van der Waals surface area contributed by atoms with Crippen molar-refractivity contribution in [3.63, 3.8) is 0 Å². The maximum Gasteiger partial charge on any atom is 0.0348 e. The van der Waals surface area contributed by atoms with Gasteiger partial charge in [0.05, 0.1) is 0 Å². The Bertz CT molecular complexity index is 387. The predicted octanol–water partition coefficient (Wildman–Crippen LogP) is 3.13. The summed E-state index contributed by atoms with van der Waals surface area (Å²) in [4.78, 5) is 2.60. The molecular formula is C16H26N2. The van der Waals surface area contributed by atoms with Gasteiger partial charge in [-0.15, -0.1) is 0 Å². The average Bonchev–Trinajstić information content (AvgIpc) is 2.43. The minimum Gasteiger partial charge on any atom is -0.313 e. The van der Waals surface area contributed by atoms with Gasteiger partial charge in [0.25, 0.3) is 0 Å². The molecule has 1 aliphatic rings. The van der Waals surface area contributed by atoms with E-state index in [1.54, 1.807) is 11.1 Å². The van der Waals surface area contributed by atoms with Crippen molar-refractivity contribution in [3.05, 3.63) is 34.9 Å². The van der Waals surface area contributed by atoms with Gasteiger partial charge >= 0.3 is 0 Å². The Morgan fingerprint density at radius 1 is 1.28 bits per heavy atom. The molecule has 0 spiro atoms. The van der Waals surface area contributed by atoms with Gasteiger partial charge in [0.1, 0.15) is 0 Å². The summed E-state index contributed by atoms with van der Waals surface area (Å²) in [5.41, 5.74) is 4.56. The zero-order valence-electron chi connectivity index (χ0n) is 12.0. The van der Waals surface area contributed by atoms with Gasteiger partial charge in [-0.1, -0.05) is 39.0 Å². The summed E-state index contributed by atoms with van der Waals surface area (Å²) in [6, 6.07) is 7.70. The second-order valence-corrected chi connectivity index (χ2v) is 5.12. The highest BCUT2D eigenvalue weighted by Crippen LogP contribution is 2.32. The molecule has 0 bridgehead atoms. The average molecular weight is 246 g/mol. The Balaban J connectivity index is 2.21. The van der Waals surface area contributed by atoms with E-state index in [-0.39, 0.29) is 0 Å². The largest absolute Gasteiger partial charge is 0.313 e. The lowest BCUT2D eigenvalue weighted by Crippen LogP contribution is -2.35. The van der Waals surface area contributed by atoms with E-state index in [9.17, 15) is 0 Å². The van der Waals surface area contributed by atoms with Gasteiger partial charge in [0.2, 0.25) is 0 Å². The second-order valence-electron chi connectivity index (χ2n) is 5.12. The zero-order valence-corrected chi connectivity index (χ0v) is 12.0. The molecule has 0 saturated heterocycles. The number of rotatable bonds is 5. The van der Waals surface area contributed by atoms with Gasteiger partial charge in [-0.05, 0) is 42.6 Å². The van der Waals surface area contributed by atoms with Crippen LogP contribution in [0, 0.1) is 0 Å². The van der Waals surface area contributed by atoms with Gasteiger partial charge < -0.3 is 5.32 Å². The van der Waals surface area contributed by atoms with Crippen LogP contribution in [0.2, 0.25) is 0 Å². The Kier molecular flexibility index (Phi) is 4.79. The number of likely N-dealkylation sites (N-methyl/N-ethyl adjacent to an activating group) is 1. The van der Waals surface area contributed by atoms with E-state index in [1.165, 1.54) is 24.9 Å². The fraction of sp³-hybridized carbons (Fsp3) is 0.625. The van der Waals surface area contributed by atoms with Crippen molar-refractivity contribution < 1.29 is 0 Å². The van der Waals surface area contributed by atoms with Crippen LogP contribution in [0.3, 0.4) is 0 Å². The summed E-state index contributed by atoms with van der Waals surface area (Å²) in [5.74, 6) is 0. The van der Waals surface area contributed by atoms with Crippen LogP contribution in [-0.2, 0) is 13.0 Å². The summed E-state index contributed by atoms with van der Waals surface area (Å²) in [7, 11) is 0. The molecular weight excluding hydrogens is 220 g/mol. The van der Waals surface area contributed by atoms with E-state index >= 15 is 0 Å². The highest BCUT2D eigenvalue weighted by molar-refractivity contribution is 5.36. The first-order chi connectivity index (χ1) is 8.80. The van der Waals surface area contributed by atoms with E-state index in [2.05, 4.69) is 49.2 Å². The molecule has 0 aliphatic carbocycles. The molecule has 1 aliphatic heterocycles. The van der Waals surface area contributed by atoms with Crippen LogP contribution < -0.4 is 5.32 Å². The minimum absolute atomic E-state index is 0.631. The first kappa shape index (κ1) is 13.6. The summed E-state index contributed by atoms with van der Waals surface area (Å²) >= 11 is 0. The van der Waals surface area contributed by atoms with Crippen molar-refractivity contribution >= 4 is 0 Å². The molecule has 100 valence electrons. The van der Waals surface area contributed by atoms with Crippen molar-refractivity contribution in [2.75, 3.05) is 19.6 Å². The SMILES string of the molecule is CCNCc1ccc2c(c1)CCN(CC)C2CC. The van der Waals surface area contributed by atoms with E-state index in [0.29, 0.717) is 6.04 Å². The number of nitrogens with zero attached hydrogens (tertiary/aromatic N) is 1. The Labute approximate surface area is 111 Å². The molecule has 18 heavy (non-hydrogen) atoms. The van der Waals surface area contributed by atoms with Gasteiger partial charge in [-0.2, -0.15) is 0 Å². The molecule has 0 saturated carbocycles. The summed E-state index contributed by atoms with van der Waals surface area (Å²) in [6.07, 6.45) is 2.42. The smallest absolute Gasteiger partial charge is 0.0348 e. The lowest BCUT2D eigenvalue weighted by atomic mass is 9.89. The van der Waals surface area contributed by atoms with Crippen LogP contribution in [0.1, 0.15) is 49.9 Å². The third-order valence-electron chi connectivity index (χ3n) is 4.05. The topological polar surface area (TPSA) is 15.3 Å². The van der Waals surface area contributed by atoms with E-state index < -0.39 is 0 Å². The van der Waals surface area contributed by atoms with Gasteiger partial charge in [0, 0.05) is 19.1 Å². The van der Waals surface area contributed by atoms with Crippen molar-refractivity contribution in [2.24, 2.45) is 0 Å². The molecule has 0 aromatic heterocycles. The minimum atomic E-state index is 0.631. The third-order valence-corrected chi connectivity index (χ3v) is 4.05. The highest BCUT2D eigenvalue weighted by Gasteiger charge is 2.24. The number of fused-ring (bicyclic) bond motifs is 1. The van der Waals surface area contributed by atoms with Crippen molar-refractivity contribution in [3.8, 4) is 0 Å². The maximum atomic E-state index is 3.41. The number of benzene rings is 1. The zero-order chi connectivity index (χ0) is 13.0. The molecule has 1 aromatic rings. The maximum absolute atomic E-state index is 3.41. The van der Waals surface area contributed by atoms with Crippen LogP contribution in [0.25, 0.3) is 0 Å². The highest BCUT2D eigenvalue weighted by atomic mass is 15.2. The molecule has 2 heteroatoms. The summed E-state index contributed by atoms with van der Waals surface area (Å²) in [5, 5.41) is 3.41. The van der Waals surface area contributed by atoms with E-state index in [4.69, 9.17) is 0 Å². The normalized spacial score (nSPS) is 19.8. The lowest BCUT2D eigenvalue weighted by molar-refractivity contribution is 0.190. The van der Waals surface area contributed by atoms with Crippen LogP contribution in [0.15, 0.2) is 18.2 Å². The van der Waals surface area contributed by atoms with Gasteiger partial charge in [0.15, 0.2) is 0 Å². The number of hydrogen-bond acceptors (Lipinski definition) is 2. The van der Waals surface area contributed by atoms with Crippen molar-refractivity contribution in [2.45, 2.75) is 46.2 Å². The number of nitrogens with one attached hydrogen (secondary N) is 1. The Hall–Kier alpha value is -0.860. The Morgan fingerprint density at radius 3 is 2.78 bits per heavy atom. The first-order valence-corrected chi connectivity index (χ1v) is 7.36. The van der Waals surface area contributed by atoms with Crippen LogP contribution in [-0.4, -0.2) is 24.5 Å². The predicted molar refractivity (Wildman–Crippen MR) is 77.8 cm³/mol. The fourth-order valence-electron chi connectivity index (χ4n) is 3.05. The first-order valence-electron chi connectivity index (χ1n) is 7.36. The van der Waals surface area contributed by atoms with Gasteiger partial charge in [-0.3, -0.25) is 4.90 Å². The Morgan fingerprint density at radius 2 is 2.11 bits per heavy atom. The monoisotopic (exact) mass is 246 g/mol. The lowest BCUT2D eigenvalue weighted by Gasteiger charge is -2.36. The van der Waals surface area contributed by atoms with Crippen molar-refractivity contribution in [1.29, 1.82) is 0 Å². The fourth-order valence-corrected chi connectivity index (χ4v) is 3.05.